The first kappa shape index (κ1) is 15.8. The lowest BCUT2D eigenvalue weighted by Crippen LogP contribution is -2.55. The van der Waals surface area contributed by atoms with Gasteiger partial charge in [-0.3, -0.25) is 0 Å². The van der Waals surface area contributed by atoms with E-state index in [2.05, 4.69) is 4.72 Å². The van der Waals surface area contributed by atoms with Crippen LogP contribution in [0.1, 0.15) is 25.7 Å². The van der Waals surface area contributed by atoms with E-state index in [1.165, 1.54) is 0 Å². The Labute approximate surface area is 127 Å². The highest BCUT2D eigenvalue weighted by Gasteiger charge is 2.47. The second kappa shape index (κ2) is 5.84. The van der Waals surface area contributed by atoms with Crippen LogP contribution in [0.15, 0.2) is 23.1 Å². The Morgan fingerprint density at radius 3 is 2.36 bits per heavy atom. The fraction of sp³-hybridized carbons (Fsp3) is 0.571. The number of hydrogen-bond acceptors (Lipinski definition) is 4. The van der Waals surface area contributed by atoms with Crippen molar-refractivity contribution in [2.45, 2.75) is 42.4 Å². The van der Waals surface area contributed by atoms with Crippen LogP contribution in [0, 0.1) is 11.6 Å². The second-order valence-electron chi connectivity index (χ2n) is 5.53. The maximum absolute atomic E-state index is 13.2. The molecule has 1 aliphatic heterocycles. The molecule has 2 fully saturated rings. The summed E-state index contributed by atoms with van der Waals surface area (Å²) < 4.78 is 65.0. The third kappa shape index (κ3) is 3.01. The molecule has 3 rings (SSSR count). The molecule has 2 aliphatic rings. The number of hydrogen-bond donors (Lipinski definition) is 1. The summed E-state index contributed by atoms with van der Waals surface area (Å²) in [6.45, 7) is 0.819. The van der Waals surface area contributed by atoms with Crippen LogP contribution in [0.3, 0.4) is 0 Å². The van der Waals surface area contributed by atoms with Crippen molar-refractivity contribution in [3.63, 3.8) is 0 Å². The predicted octanol–water partition coefficient (Wildman–Crippen LogP) is 1.93. The van der Waals surface area contributed by atoms with E-state index in [0.29, 0.717) is 32.1 Å². The number of ether oxygens (including phenoxy) is 2. The van der Waals surface area contributed by atoms with Crippen molar-refractivity contribution in [1.29, 1.82) is 0 Å². The summed E-state index contributed by atoms with van der Waals surface area (Å²) in [4.78, 5) is -0.441. The standard InChI is InChI=1S/C14H17F2NO4S/c15-10-7-11(16)9-12(8-10)22(18,19)17-13-3-1-2-4-14(13)20-5-6-21-14/h7-9,13,17H,1-6H2. The molecule has 0 bridgehead atoms. The molecule has 0 amide bonds. The molecule has 5 nitrogen and oxygen atoms in total. The molecule has 1 saturated carbocycles. The predicted molar refractivity (Wildman–Crippen MR) is 73.6 cm³/mol. The van der Waals surface area contributed by atoms with Crippen LogP contribution in [-0.2, 0) is 19.5 Å². The normalized spacial score (nSPS) is 24.7. The lowest BCUT2D eigenvalue weighted by Gasteiger charge is -2.39. The van der Waals surface area contributed by atoms with Crippen molar-refractivity contribution in [3.8, 4) is 0 Å². The van der Waals surface area contributed by atoms with Crippen LogP contribution in [0.4, 0.5) is 8.78 Å². The Hall–Kier alpha value is -1.09. The van der Waals surface area contributed by atoms with Gasteiger partial charge in [-0.25, -0.2) is 21.9 Å². The fourth-order valence-electron chi connectivity index (χ4n) is 3.02. The van der Waals surface area contributed by atoms with Gasteiger partial charge in [-0.2, -0.15) is 0 Å². The Kier molecular flexibility index (Phi) is 4.19. The first-order valence-corrected chi connectivity index (χ1v) is 8.66. The molecule has 0 radical (unpaired) electrons. The van der Waals surface area contributed by atoms with E-state index in [4.69, 9.17) is 9.47 Å². The summed E-state index contributed by atoms with van der Waals surface area (Å²) in [6, 6.07) is 1.64. The summed E-state index contributed by atoms with van der Waals surface area (Å²) in [5, 5.41) is 0. The summed E-state index contributed by atoms with van der Waals surface area (Å²) in [6.07, 6.45) is 2.86. The maximum Gasteiger partial charge on any atom is 0.241 e. The highest BCUT2D eigenvalue weighted by atomic mass is 32.2. The number of sulfonamides is 1. The van der Waals surface area contributed by atoms with Crippen molar-refractivity contribution >= 4 is 10.0 Å². The van der Waals surface area contributed by atoms with Gasteiger partial charge >= 0.3 is 0 Å². The molecular weight excluding hydrogens is 316 g/mol. The summed E-state index contributed by atoms with van der Waals surface area (Å²) >= 11 is 0. The van der Waals surface area contributed by atoms with E-state index in [9.17, 15) is 17.2 Å². The number of halogens is 2. The van der Waals surface area contributed by atoms with Crippen molar-refractivity contribution < 1.29 is 26.7 Å². The highest BCUT2D eigenvalue weighted by molar-refractivity contribution is 7.89. The molecule has 1 atom stereocenters. The molecule has 8 heteroatoms. The molecule has 1 aromatic rings. The fourth-order valence-corrected chi connectivity index (χ4v) is 4.36. The molecular formula is C14H17F2NO4S. The van der Waals surface area contributed by atoms with E-state index in [-0.39, 0.29) is 0 Å². The van der Waals surface area contributed by atoms with Gasteiger partial charge in [0.15, 0.2) is 5.79 Å². The minimum absolute atomic E-state index is 0.410. The molecule has 1 N–H and O–H groups in total. The highest BCUT2D eigenvalue weighted by Crippen LogP contribution is 2.36. The lowest BCUT2D eigenvalue weighted by molar-refractivity contribution is -0.191. The van der Waals surface area contributed by atoms with Crippen LogP contribution in [0.25, 0.3) is 0 Å². The van der Waals surface area contributed by atoms with Gasteiger partial charge in [-0.15, -0.1) is 0 Å². The second-order valence-corrected chi connectivity index (χ2v) is 7.25. The molecule has 1 aromatic carbocycles. The average Bonchev–Trinajstić information content (AvgIpc) is 2.90. The van der Waals surface area contributed by atoms with Gasteiger partial charge < -0.3 is 9.47 Å². The molecule has 1 aliphatic carbocycles. The van der Waals surface area contributed by atoms with Gasteiger partial charge in [-0.05, 0) is 25.0 Å². The molecule has 1 saturated heterocycles. The van der Waals surface area contributed by atoms with E-state index in [1.807, 2.05) is 0 Å². The zero-order chi connectivity index (χ0) is 15.8. The van der Waals surface area contributed by atoms with Crippen molar-refractivity contribution in [2.75, 3.05) is 13.2 Å². The molecule has 22 heavy (non-hydrogen) atoms. The minimum Gasteiger partial charge on any atom is -0.346 e. The zero-order valence-corrected chi connectivity index (χ0v) is 12.7. The smallest absolute Gasteiger partial charge is 0.241 e. The lowest BCUT2D eigenvalue weighted by atomic mass is 9.90. The molecule has 0 aromatic heterocycles. The van der Waals surface area contributed by atoms with Gasteiger partial charge in [0.05, 0.1) is 24.2 Å². The third-order valence-corrected chi connectivity index (χ3v) is 5.47. The van der Waals surface area contributed by atoms with Gasteiger partial charge in [0.1, 0.15) is 11.6 Å². The maximum atomic E-state index is 13.2. The van der Waals surface area contributed by atoms with Gasteiger partial charge in [0.25, 0.3) is 0 Å². The van der Waals surface area contributed by atoms with E-state index < -0.39 is 38.4 Å². The summed E-state index contributed by atoms with van der Waals surface area (Å²) in [5.41, 5.74) is 0. The molecule has 1 spiro atoms. The number of rotatable bonds is 3. The Bertz CT molecular complexity index is 639. The Morgan fingerprint density at radius 2 is 1.73 bits per heavy atom. The summed E-state index contributed by atoms with van der Waals surface area (Å²) in [5.74, 6) is -2.84. The quantitative estimate of drug-likeness (QED) is 0.918. The molecule has 1 heterocycles. The van der Waals surface area contributed by atoms with Crippen LogP contribution >= 0.6 is 0 Å². The van der Waals surface area contributed by atoms with Crippen LogP contribution < -0.4 is 4.72 Å². The average molecular weight is 333 g/mol. The van der Waals surface area contributed by atoms with Crippen molar-refractivity contribution in [1.82, 2.24) is 4.72 Å². The molecule has 122 valence electrons. The van der Waals surface area contributed by atoms with Crippen molar-refractivity contribution in [2.24, 2.45) is 0 Å². The van der Waals surface area contributed by atoms with Gasteiger partial charge in [-0.1, -0.05) is 6.42 Å². The summed E-state index contributed by atoms with van der Waals surface area (Å²) in [7, 11) is -4.06. The first-order valence-electron chi connectivity index (χ1n) is 7.18. The van der Waals surface area contributed by atoms with Gasteiger partial charge in [0, 0.05) is 12.5 Å². The SMILES string of the molecule is O=S(=O)(NC1CCCCC12OCCO2)c1cc(F)cc(F)c1. The zero-order valence-electron chi connectivity index (χ0n) is 11.8. The number of benzene rings is 1. The number of nitrogens with one attached hydrogen (secondary N) is 1. The van der Waals surface area contributed by atoms with Gasteiger partial charge in [0.2, 0.25) is 10.0 Å². The van der Waals surface area contributed by atoms with Crippen molar-refractivity contribution in [3.05, 3.63) is 29.8 Å². The van der Waals surface area contributed by atoms with E-state index in [0.717, 1.165) is 25.0 Å². The third-order valence-electron chi connectivity index (χ3n) is 4.02. The monoisotopic (exact) mass is 333 g/mol. The van der Waals surface area contributed by atoms with Crippen LogP contribution in [0.2, 0.25) is 0 Å². The molecule has 1 unspecified atom stereocenters. The van der Waals surface area contributed by atoms with Crippen LogP contribution in [-0.4, -0.2) is 33.5 Å². The Morgan fingerprint density at radius 1 is 1.09 bits per heavy atom. The first-order chi connectivity index (χ1) is 10.4. The van der Waals surface area contributed by atoms with E-state index in [1.54, 1.807) is 0 Å². The topological polar surface area (TPSA) is 64.6 Å². The van der Waals surface area contributed by atoms with Crippen LogP contribution in [0.5, 0.6) is 0 Å². The largest absolute Gasteiger partial charge is 0.346 e. The Balaban J connectivity index is 1.86. The van der Waals surface area contributed by atoms with E-state index >= 15 is 0 Å². The minimum atomic E-state index is -4.06.